The Hall–Kier alpha value is -0.450. The number of thiazole rings is 1. The van der Waals surface area contributed by atoms with E-state index in [-0.39, 0.29) is 0 Å². The molecule has 2 saturated carbocycles. The summed E-state index contributed by atoms with van der Waals surface area (Å²) >= 11 is 1.73. The maximum Gasteiger partial charge on any atom is 0.0897 e. The zero-order chi connectivity index (χ0) is 11.8. The molecule has 3 nitrogen and oxygen atoms in total. The van der Waals surface area contributed by atoms with Crippen LogP contribution in [0.2, 0.25) is 0 Å². The molecule has 0 aliphatic heterocycles. The van der Waals surface area contributed by atoms with Gasteiger partial charge in [-0.3, -0.25) is 11.3 Å². The van der Waals surface area contributed by atoms with E-state index in [0.29, 0.717) is 6.04 Å². The van der Waals surface area contributed by atoms with E-state index >= 15 is 0 Å². The summed E-state index contributed by atoms with van der Waals surface area (Å²) in [6, 6.07) is 0.435. The molecule has 0 saturated heterocycles. The predicted octanol–water partition coefficient (Wildman–Crippen LogP) is 2.26. The molecule has 94 valence electrons. The summed E-state index contributed by atoms with van der Waals surface area (Å²) in [5.74, 6) is 8.46. The van der Waals surface area contributed by atoms with Crippen LogP contribution in [0.5, 0.6) is 0 Å². The molecule has 3 rings (SSSR count). The summed E-state index contributed by atoms with van der Waals surface area (Å²) in [7, 11) is 0. The van der Waals surface area contributed by atoms with E-state index in [1.54, 1.807) is 11.3 Å². The molecule has 4 heteroatoms. The molecule has 2 fully saturated rings. The van der Waals surface area contributed by atoms with Crippen molar-refractivity contribution < 1.29 is 0 Å². The number of nitrogens with zero attached hydrogens (tertiary/aromatic N) is 1. The zero-order valence-corrected chi connectivity index (χ0v) is 11.2. The molecule has 1 aromatic heterocycles. The second-order valence-electron chi connectivity index (χ2n) is 5.52. The van der Waals surface area contributed by atoms with Crippen LogP contribution in [0.25, 0.3) is 0 Å². The topological polar surface area (TPSA) is 50.9 Å². The number of rotatable bonds is 4. The summed E-state index contributed by atoms with van der Waals surface area (Å²) in [6.45, 7) is 2.07. The average molecular weight is 251 g/mol. The molecule has 0 aromatic carbocycles. The average Bonchev–Trinajstić information content (AvgIpc) is 2.93. The number of aryl methyl sites for hydroxylation is 1. The number of hydrogen-bond donors (Lipinski definition) is 2. The van der Waals surface area contributed by atoms with Gasteiger partial charge in [0.2, 0.25) is 0 Å². The van der Waals surface area contributed by atoms with Gasteiger partial charge in [-0.1, -0.05) is 12.8 Å². The first-order valence-electron chi connectivity index (χ1n) is 6.66. The summed E-state index contributed by atoms with van der Waals surface area (Å²) in [5.41, 5.74) is 4.25. The van der Waals surface area contributed by atoms with Crippen LogP contribution in [-0.4, -0.2) is 11.0 Å². The van der Waals surface area contributed by atoms with Gasteiger partial charge in [-0.05, 0) is 37.5 Å². The minimum absolute atomic E-state index is 0.435. The molecular formula is C13H21N3S. The number of nitrogens with two attached hydrogens (primary N) is 1. The summed E-state index contributed by atoms with van der Waals surface area (Å²) < 4.78 is 0. The van der Waals surface area contributed by atoms with Crippen LogP contribution in [0.1, 0.15) is 36.4 Å². The Morgan fingerprint density at radius 1 is 1.47 bits per heavy atom. The van der Waals surface area contributed by atoms with Crippen molar-refractivity contribution in [2.45, 2.75) is 45.1 Å². The van der Waals surface area contributed by atoms with Gasteiger partial charge in [0, 0.05) is 17.8 Å². The van der Waals surface area contributed by atoms with Crippen molar-refractivity contribution in [3.05, 3.63) is 16.1 Å². The van der Waals surface area contributed by atoms with Gasteiger partial charge in [-0.25, -0.2) is 4.98 Å². The fraction of sp³-hybridized carbons (Fsp3) is 0.769. The van der Waals surface area contributed by atoms with E-state index in [4.69, 9.17) is 5.84 Å². The van der Waals surface area contributed by atoms with Gasteiger partial charge < -0.3 is 0 Å². The maximum atomic E-state index is 5.75. The highest BCUT2D eigenvalue weighted by Crippen LogP contribution is 2.57. The summed E-state index contributed by atoms with van der Waals surface area (Å²) in [4.78, 5) is 4.55. The maximum absolute atomic E-state index is 5.75. The van der Waals surface area contributed by atoms with E-state index in [9.17, 15) is 0 Å². The zero-order valence-electron chi connectivity index (χ0n) is 10.4. The molecule has 2 aliphatic carbocycles. The van der Waals surface area contributed by atoms with Crippen LogP contribution in [0.4, 0.5) is 0 Å². The molecule has 0 amide bonds. The molecule has 0 spiro atoms. The van der Waals surface area contributed by atoms with Crippen molar-refractivity contribution in [1.29, 1.82) is 0 Å². The van der Waals surface area contributed by atoms with Crippen molar-refractivity contribution in [3.8, 4) is 0 Å². The third kappa shape index (κ3) is 2.26. The Morgan fingerprint density at radius 3 is 2.71 bits per heavy atom. The molecule has 3 N–H and O–H groups in total. The molecule has 2 aliphatic rings. The first-order chi connectivity index (χ1) is 8.29. The third-order valence-electron chi connectivity index (χ3n) is 4.50. The van der Waals surface area contributed by atoms with Crippen molar-refractivity contribution in [2.24, 2.45) is 23.6 Å². The lowest BCUT2D eigenvalue weighted by atomic mass is 10.0. The minimum Gasteiger partial charge on any atom is -0.271 e. The molecule has 3 unspecified atom stereocenters. The van der Waals surface area contributed by atoms with Gasteiger partial charge >= 0.3 is 0 Å². The van der Waals surface area contributed by atoms with Gasteiger partial charge in [0.05, 0.1) is 10.7 Å². The Labute approximate surface area is 107 Å². The van der Waals surface area contributed by atoms with Crippen LogP contribution in [0, 0.1) is 24.7 Å². The number of fused-ring (bicyclic) bond motifs is 1. The fourth-order valence-electron chi connectivity index (χ4n) is 3.68. The summed E-state index contributed by atoms with van der Waals surface area (Å²) in [5, 5.41) is 3.33. The highest BCUT2D eigenvalue weighted by molar-refractivity contribution is 7.09. The lowest BCUT2D eigenvalue weighted by Crippen LogP contribution is -2.39. The Kier molecular flexibility index (Phi) is 3.19. The third-order valence-corrected chi connectivity index (χ3v) is 5.32. The van der Waals surface area contributed by atoms with E-state index in [1.807, 2.05) is 0 Å². The van der Waals surface area contributed by atoms with Crippen LogP contribution in [-0.2, 0) is 6.42 Å². The van der Waals surface area contributed by atoms with Crippen molar-refractivity contribution in [2.75, 3.05) is 0 Å². The minimum atomic E-state index is 0.435. The lowest BCUT2D eigenvalue weighted by molar-refractivity contribution is 0.434. The van der Waals surface area contributed by atoms with E-state index in [1.165, 1.54) is 31.4 Å². The molecule has 1 heterocycles. The number of hydrazine groups is 1. The fourth-order valence-corrected chi connectivity index (χ4v) is 4.30. The smallest absolute Gasteiger partial charge is 0.0897 e. The second-order valence-corrected chi connectivity index (χ2v) is 6.59. The molecular weight excluding hydrogens is 230 g/mol. The normalized spacial score (nSPS) is 33.2. The van der Waals surface area contributed by atoms with Gasteiger partial charge in [-0.2, -0.15) is 0 Å². The van der Waals surface area contributed by atoms with Gasteiger partial charge in [-0.15, -0.1) is 11.3 Å². The van der Waals surface area contributed by atoms with E-state index < -0.39 is 0 Å². The van der Waals surface area contributed by atoms with Crippen molar-refractivity contribution >= 4 is 11.3 Å². The first-order valence-corrected chi connectivity index (χ1v) is 7.54. The van der Waals surface area contributed by atoms with Crippen molar-refractivity contribution in [1.82, 2.24) is 10.4 Å². The van der Waals surface area contributed by atoms with Crippen LogP contribution in [0.3, 0.4) is 0 Å². The van der Waals surface area contributed by atoms with Crippen LogP contribution in [0.15, 0.2) is 5.38 Å². The molecule has 0 bridgehead atoms. The van der Waals surface area contributed by atoms with Crippen molar-refractivity contribution in [3.63, 3.8) is 0 Å². The number of aromatic nitrogens is 1. The lowest BCUT2D eigenvalue weighted by Gasteiger charge is -2.14. The molecule has 17 heavy (non-hydrogen) atoms. The highest BCUT2D eigenvalue weighted by atomic mass is 32.1. The van der Waals surface area contributed by atoms with Gasteiger partial charge in [0.15, 0.2) is 0 Å². The standard InChI is InChI=1S/C13H21N3S/c1-8-15-9(7-17-8)6-12(16-14)13-10-4-2-3-5-11(10)13/h7,10-13,16H,2-6,14H2,1H3. The van der Waals surface area contributed by atoms with E-state index in [2.05, 4.69) is 22.7 Å². The quantitative estimate of drug-likeness (QED) is 0.637. The van der Waals surface area contributed by atoms with Crippen LogP contribution < -0.4 is 11.3 Å². The number of hydrogen-bond acceptors (Lipinski definition) is 4. The SMILES string of the molecule is Cc1nc(CC(NN)C2C3CCCCC32)cs1. The first kappa shape index (κ1) is 11.6. The Bertz CT molecular complexity index is 378. The monoisotopic (exact) mass is 251 g/mol. The molecule has 0 radical (unpaired) electrons. The molecule has 3 atom stereocenters. The Balaban J connectivity index is 1.64. The second kappa shape index (κ2) is 4.67. The Morgan fingerprint density at radius 2 is 2.18 bits per heavy atom. The highest BCUT2D eigenvalue weighted by Gasteiger charge is 2.53. The van der Waals surface area contributed by atoms with Gasteiger partial charge in [0.25, 0.3) is 0 Å². The van der Waals surface area contributed by atoms with E-state index in [0.717, 1.165) is 29.2 Å². The number of nitrogens with one attached hydrogen (secondary N) is 1. The van der Waals surface area contributed by atoms with Crippen LogP contribution >= 0.6 is 11.3 Å². The summed E-state index contributed by atoms with van der Waals surface area (Å²) in [6.07, 6.45) is 6.68. The molecule has 1 aromatic rings. The van der Waals surface area contributed by atoms with Gasteiger partial charge in [0.1, 0.15) is 0 Å². The predicted molar refractivity (Wildman–Crippen MR) is 70.6 cm³/mol. The largest absolute Gasteiger partial charge is 0.271 e.